The Morgan fingerprint density at radius 1 is 1.00 bits per heavy atom. The molecule has 2 aromatic carbocycles. The van der Waals surface area contributed by atoms with E-state index in [0.717, 1.165) is 23.5 Å². The van der Waals surface area contributed by atoms with Gasteiger partial charge in [0.2, 0.25) is 0 Å². The summed E-state index contributed by atoms with van der Waals surface area (Å²) in [5, 5.41) is 9.89. The third-order valence-corrected chi connectivity index (χ3v) is 4.00. The molecule has 0 fully saturated rings. The van der Waals surface area contributed by atoms with Gasteiger partial charge in [0.15, 0.2) is 17.5 Å². The Morgan fingerprint density at radius 2 is 1.72 bits per heavy atom. The lowest BCUT2D eigenvalue weighted by molar-refractivity contribution is 0.211. The van der Waals surface area contributed by atoms with Gasteiger partial charge in [0, 0.05) is 44.7 Å². The predicted molar refractivity (Wildman–Crippen MR) is 130 cm³/mol. The Hall–Kier alpha value is -2.20. The second kappa shape index (κ2) is 13.9. The van der Waals surface area contributed by atoms with Crippen LogP contribution in [-0.4, -0.2) is 47.0 Å². The molecule has 7 nitrogen and oxygen atoms in total. The fraction of sp³-hybridized carbons (Fsp3) is 0.381. The Bertz CT molecular complexity index is 754. The molecule has 0 unspecified atom stereocenters. The lowest BCUT2D eigenvalue weighted by Crippen LogP contribution is -2.30. The maximum absolute atomic E-state index is 5.62. The van der Waals surface area contributed by atoms with Crippen molar-refractivity contribution < 1.29 is 14.2 Å². The van der Waals surface area contributed by atoms with Gasteiger partial charge < -0.3 is 30.2 Å². The van der Waals surface area contributed by atoms with Crippen molar-refractivity contribution in [1.29, 1.82) is 0 Å². The zero-order chi connectivity index (χ0) is 20.2. The largest absolute Gasteiger partial charge is 0.493 e. The number of nitrogens with one attached hydrogen (secondary N) is 3. The van der Waals surface area contributed by atoms with E-state index in [0.29, 0.717) is 37.2 Å². The SMILES string of the molecule is CCOc1cc(NC(=NC)NCc2ccc(NCCOC)cc2)ccc1OC.I. The van der Waals surface area contributed by atoms with Crippen LogP contribution < -0.4 is 25.4 Å². The molecule has 3 N–H and O–H groups in total. The van der Waals surface area contributed by atoms with Crippen LogP contribution in [0, 0.1) is 0 Å². The molecule has 0 amide bonds. The maximum Gasteiger partial charge on any atom is 0.195 e. The highest BCUT2D eigenvalue weighted by Gasteiger charge is 2.07. The van der Waals surface area contributed by atoms with E-state index in [1.165, 1.54) is 0 Å². The second-order valence-electron chi connectivity index (χ2n) is 5.97. The Labute approximate surface area is 190 Å². The van der Waals surface area contributed by atoms with Gasteiger partial charge in [-0.05, 0) is 36.8 Å². The summed E-state index contributed by atoms with van der Waals surface area (Å²) in [5.74, 6) is 2.08. The van der Waals surface area contributed by atoms with Crippen molar-refractivity contribution >= 4 is 41.3 Å². The van der Waals surface area contributed by atoms with E-state index < -0.39 is 0 Å². The number of rotatable bonds is 10. The summed E-state index contributed by atoms with van der Waals surface area (Å²) >= 11 is 0. The summed E-state index contributed by atoms with van der Waals surface area (Å²) < 4.78 is 16.0. The van der Waals surface area contributed by atoms with Crippen LogP contribution in [0.5, 0.6) is 11.5 Å². The first kappa shape index (κ1) is 24.8. The highest BCUT2D eigenvalue weighted by Crippen LogP contribution is 2.30. The molecule has 0 aliphatic carbocycles. The van der Waals surface area contributed by atoms with Gasteiger partial charge in [-0.1, -0.05) is 12.1 Å². The van der Waals surface area contributed by atoms with Crippen LogP contribution in [0.25, 0.3) is 0 Å². The Morgan fingerprint density at radius 3 is 2.34 bits per heavy atom. The van der Waals surface area contributed by atoms with Gasteiger partial charge in [-0.25, -0.2) is 0 Å². The fourth-order valence-electron chi connectivity index (χ4n) is 2.56. The summed E-state index contributed by atoms with van der Waals surface area (Å²) in [7, 11) is 5.07. The maximum atomic E-state index is 5.62. The fourth-order valence-corrected chi connectivity index (χ4v) is 2.56. The van der Waals surface area contributed by atoms with Crippen molar-refractivity contribution in [3.8, 4) is 11.5 Å². The van der Waals surface area contributed by atoms with Crippen LogP contribution in [0.4, 0.5) is 11.4 Å². The first-order valence-corrected chi connectivity index (χ1v) is 9.30. The van der Waals surface area contributed by atoms with Gasteiger partial charge in [-0.3, -0.25) is 4.99 Å². The number of aliphatic imine (C=N–C) groups is 1. The summed E-state index contributed by atoms with van der Waals surface area (Å²) in [6, 6.07) is 14.0. The molecule has 0 atom stereocenters. The van der Waals surface area contributed by atoms with E-state index in [2.05, 4.69) is 45.2 Å². The highest BCUT2D eigenvalue weighted by molar-refractivity contribution is 14.0. The summed E-state index contributed by atoms with van der Waals surface area (Å²) in [4.78, 5) is 4.28. The van der Waals surface area contributed by atoms with E-state index in [4.69, 9.17) is 14.2 Å². The molecule has 0 spiro atoms. The number of benzene rings is 2. The van der Waals surface area contributed by atoms with Crippen LogP contribution in [-0.2, 0) is 11.3 Å². The van der Waals surface area contributed by atoms with Gasteiger partial charge in [0.1, 0.15) is 0 Å². The molecule has 2 aromatic rings. The molecule has 2 rings (SSSR count). The minimum absolute atomic E-state index is 0. The van der Waals surface area contributed by atoms with Gasteiger partial charge in [0.05, 0.1) is 20.3 Å². The number of hydrogen-bond acceptors (Lipinski definition) is 5. The quantitative estimate of drug-likeness (QED) is 0.193. The van der Waals surface area contributed by atoms with E-state index in [9.17, 15) is 0 Å². The first-order valence-electron chi connectivity index (χ1n) is 9.30. The monoisotopic (exact) mass is 514 g/mol. The molecule has 160 valence electrons. The van der Waals surface area contributed by atoms with E-state index in [1.807, 2.05) is 25.1 Å². The summed E-state index contributed by atoms with van der Waals surface area (Å²) in [6.45, 7) is 4.64. The van der Waals surface area contributed by atoms with Crippen molar-refractivity contribution in [2.45, 2.75) is 13.5 Å². The zero-order valence-corrected chi connectivity index (χ0v) is 19.8. The minimum atomic E-state index is 0. The van der Waals surface area contributed by atoms with Gasteiger partial charge in [0.25, 0.3) is 0 Å². The van der Waals surface area contributed by atoms with Gasteiger partial charge in [-0.15, -0.1) is 24.0 Å². The number of nitrogens with zero attached hydrogens (tertiary/aromatic N) is 1. The molecule has 0 aromatic heterocycles. The van der Waals surface area contributed by atoms with Crippen LogP contribution in [0.2, 0.25) is 0 Å². The van der Waals surface area contributed by atoms with Crippen molar-refractivity contribution in [2.75, 3.05) is 51.7 Å². The molecule has 0 saturated heterocycles. The lowest BCUT2D eigenvalue weighted by Gasteiger charge is -2.15. The van der Waals surface area contributed by atoms with Crippen molar-refractivity contribution in [3.05, 3.63) is 48.0 Å². The molecule has 8 heteroatoms. The number of halogens is 1. The van der Waals surface area contributed by atoms with E-state index in [1.54, 1.807) is 21.3 Å². The lowest BCUT2D eigenvalue weighted by atomic mass is 10.2. The van der Waals surface area contributed by atoms with Crippen molar-refractivity contribution in [1.82, 2.24) is 5.32 Å². The number of ether oxygens (including phenoxy) is 3. The molecule has 0 aliphatic rings. The Balaban J connectivity index is 0.00000420. The van der Waals surface area contributed by atoms with Crippen molar-refractivity contribution in [2.24, 2.45) is 4.99 Å². The van der Waals surface area contributed by atoms with Gasteiger partial charge in [-0.2, -0.15) is 0 Å². The van der Waals surface area contributed by atoms with Crippen LogP contribution >= 0.6 is 24.0 Å². The average molecular weight is 514 g/mol. The van der Waals surface area contributed by atoms with Gasteiger partial charge >= 0.3 is 0 Å². The molecule has 0 aliphatic heterocycles. The summed E-state index contributed by atoms with van der Waals surface area (Å²) in [5.41, 5.74) is 3.10. The van der Waals surface area contributed by atoms with Crippen LogP contribution in [0.1, 0.15) is 12.5 Å². The number of guanidine groups is 1. The number of anilines is 2. The molecule has 0 radical (unpaired) electrons. The predicted octanol–water partition coefficient (Wildman–Crippen LogP) is 3.96. The highest BCUT2D eigenvalue weighted by atomic mass is 127. The zero-order valence-electron chi connectivity index (χ0n) is 17.5. The average Bonchev–Trinajstić information content (AvgIpc) is 2.72. The van der Waals surface area contributed by atoms with Crippen molar-refractivity contribution in [3.63, 3.8) is 0 Å². The molecular formula is C21H31IN4O3. The molecule has 29 heavy (non-hydrogen) atoms. The number of hydrogen-bond donors (Lipinski definition) is 3. The smallest absolute Gasteiger partial charge is 0.195 e. The standard InChI is InChI=1S/C21H30N4O3.HI/c1-5-28-20-14-18(10-11-19(20)27-4)25-21(22-2)24-15-16-6-8-17(9-7-16)23-12-13-26-3;/h6-11,14,23H,5,12-13,15H2,1-4H3,(H2,22,24,25);1H. The number of methoxy groups -OCH3 is 2. The van der Waals surface area contributed by atoms with Crippen LogP contribution in [0.15, 0.2) is 47.5 Å². The first-order chi connectivity index (χ1) is 13.7. The topological polar surface area (TPSA) is 76.1 Å². The van der Waals surface area contributed by atoms with Crippen LogP contribution in [0.3, 0.4) is 0 Å². The molecular weight excluding hydrogens is 483 g/mol. The molecule has 0 saturated carbocycles. The third-order valence-electron chi connectivity index (χ3n) is 4.00. The summed E-state index contributed by atoms with van der Waals surface area (Å²) in [6.07, 6.45) is 0. The molecule has 0 bridgehead atoms. The Kier molecular flexibility index (Phi) is 11.9. The van der Waals surface area contributed by atoms with E-state index >= 15 is 0 Å². The second-order valence-corrected chi connectivity index (χ2v) is 5.97. The third kappa shape index (κ3) is 8.36. The molecule has 0 heterocycles. The normalized spacial score (nSPS) is 10.7. The minimum Gasteiger partial charge on any atom is -0.493 e. The van der Waals surface area contributed by atoms with E-state index in [-0.39, 0.29) is 24.0 Å².